The number of hydrogen-bond donors (Lipinski definition) is 1. The zero-order valence-electron chi connectivity index (χ0n) is 15.9. The highest BCUT2D eigenvalue weighted by atomic mass is 32.1. The van der Waals surface area contributed by atoms with Crippen molar-refractivity contribution >= 4 is 39.1 Å². The van der Waals surface area contributed by atoms with Crippen LogP contribution in [0, 0.1) is 11.3 Å². The molecular weight excluding hydrogens is 386 g/mol. The van der Waals surface area contributed by atoms with Gasteiger partial charge in [-0.05, 0) is 28.3 Å². The molecular formula is C22H19N3O3S. The molecule has 0 unspecified atom stereocenters. The highest BCUT2D eigenvalue weighted by Gasteiger charge is 2.27. The molecule has 0 spiro atoms. The predicted molar refractivity (Wildman–Crippen MR) is 112 cm³/mol. The van der Waals surface area contributed by atoms with Crippen molar-refractivity contribution < 1.29 is 14.3 Å². The lowest BCUT2D eigenvalue weighted by molar-refractivity contribution is -0.115. The second-order valence-corrected chi connectivity index (χ2v) is 7.93. The van der Waals surface area contributed by atoms with Crippen molar-refractivity contribution in [2.24, 2.45) is 0 Å². The van der Waals surface area contributed by atoms with E-state index in [0.717, 1.165) is 26.8 Å². The molecule has 0 atom stereocenters. The number of nitriles is 1. The number of ether oxygens (including phenoxy) is 1. The highest BCUT2D eigenvalue weighted by Crippen LogP contribution is 2.37. The molecule has 3 aromatic rings. The van der Waals surface area contributed by atoms with Gasteiger partial charge in [0.1, 0.15) is 11.1 Å². The number of anilines is 1. The van der Waals surface area contributed by atoms with Gasteiger partial charge in [0, 0.05) is 11.4 Å². The molecule has 1 aliphatic rings. The normalized spacial score (nSPS) is 12.9. The number of nitrogens with one attached hydrogen (secondary N) is 1. The van der Waals surface area contributed by atoms with Crippen molar-refractivity contribution in [1.29, 1.82) is 5.26 Å². The molecule has 6 nitrogen and oxygen atoms in total. The number of rotatable bonds is 3. The van der Waals surface area contributed by atoms with Gasteiger partial charge in [-0.3, -0.25) is 4.79 Å². The van der Waals surface area contributed by atoms with Crippen LogP contribution in [0.5, 0.6) is 0 Å². The number of thiophene rings is 1. The van der Waals surface area contributed by atoms with E-state index in [1.807, 2.05) is 42.5 Å². The summed E-state index contributed by atoms with van der Waals surface area (Å²) in [7, 11) is 1.35. The van der Waals surface area contributed by atoms with Crippen LogP contribution in [0.1, 0.15) is 21.6 Å². The highest BCUT2D eigenvalue weighted by molar-refractivity contribution is 7.16. The number of hydrogen-bond acceptors (Lipinski definition) is 5. The minimum absolute atomic E-state index is 0.165. The molecule has 1 aromatic heterocycles. The van der Waals surface area contributed by atoms with Gasteiger partial charge >= 0.3 is 6.09 Å². The SMILES string of the molecule is COC(=O)N1CCc2c(sc(NC(=O)Cc3cccc4ccccc34)c2C#N)C1. The standard InChI is InChI=1S/C22H19N3O3S/c1-28-22(27)25-10-9-17-18(12-23)21(29-19(17)13-25)24-20(26)11-15-7-4-6-14-5-2-3-8-16(14)15/h2-8H,9-11,13H2,1H3,(H,24,26). The van der Waals surface area contributed by atoms with Crippen molar-refractivity contribution in [2.75, 3.05) is 19.0 Å². The summed E-state index contributed by atoms with van der Waals surface area (Å²) in [6.45, 7) is 0.884. The van der Waals surface area contributed by atoms with E-state index in [4.69, 9.17) is 4.74 Å². The quantitative estimate of drug-likeness (QED) is 0.712. The van der Waals surface area contributed by atoms with Gasteiger partial charge in [0.05, 0.1) is 25.6 Å². The van der Waals surface area contributed by atoms with Gasteiger partial charge in [0.2, 0.25) is 5.91 Å². The van der Waals surface area contributed by atoms with Crippen LogP contribution in [0.2, 0.25) is 0 Å². The molecule has 0 radical (unpaired) electrons. The van der Waals surface area contributed by atoms with E-state index in [1.54, 1.807) is 4.90 Å². The zero-order chi connectivity index (χ0) is 20.4. The van der Waals surface area contributed by atoms with Crippen LogP contribution in [-0.4, -0.2) is 30.6 Å². The molecule has 0 saturated heterocycles. The van der Waals surface area contributed by atoms with Crippen LogP contribution in [0.4, 0.5) is 9.80 Å². The number of carbonyl (C=O) groups is 2. The third-order valence-corrected chi connectivity index (χ3v) is 6.22. The maximum absolute atomic E-state index is 12.7. The van der Waals surface area contributed by atoms with Crippen LogP contribution < -0.4 is 5.32 Å². The lowest BCUT2D eigenvalue weighted by atomic mass is 10.0. The number of nitrogens with zero attached hydrogens (tertiary/aromatic N) is 2. The van der Waals surface area contributed by atoms with Gasteiger partial charge in [-0.15, -0.1) is 11.3 Å². The second kappa shape index (κ2) is 7.94. The molecule has 2 heterocycles. The minimum atomic E-state index is -0.385. The number of benzene rings is 2. The van der Waals surface area contributed by atoms with Crippen LogP contribution in [0.15, 0.2) is 42.5 Å². The average molecular weight is 405 g/mol. The van der Waals surface area contributed by atoms with Crippen molar-refractivity contribution in [1.82, 2.24) is 4.90 Å². The maximum atomic E-state index is 12.7. The lowest BCUT2D eigenvalue weighted by Crippen LogP contribution is -2.35. The van der Waals surface area contributed by atoms with Crippen LogP contribution in [0.25, 0.3) is 10.8 Å². The third kappa shape index (κ3) is 3.67. The molecule has 146 valence electrons. The third-order valence-electron chi connectivity index (χ3n) is 5.09. The fourth-order valence-electron chi connectivity index (χ4n) is 3.69. The summed E-state index contributed by atoms with van der Waals surface area (Å²) in [4.78, 5) is 27.0. The summed E-state index contributed by atoms with van der Waals surface area (Å²) < 4.78 is 4.79. The lowest BCUT2D eigenvalue weighted by Gasteiger charge is -2.25. The Morgan fingerprint density at radius 1 is 1.24 bits per heavy atom. The Morgan fingerprint density at radius 2 is 2.03 bits per heavy atom. The smallest absolute Gasteiger partial charge is 0.409 e. The van der Waals surface area contributed by atoms with Crippen LogP contribution in [0.3, 0.4) is 0 Å². The maximum Gasteiger partial charge on any atom is 0.409 e. The molecule has 1 aliphatic heterocycles. The van der Waals surface area contributed by atoms with E-state index in [0.29, 0.717) is 30.1 Å². The first-order valence-electron chi connectivity index (χ1n) is 9.24. The Kier molecular flexibility index (Phi) is 5.19. The summed E-state index contributed by atoms with van der Waals surface area (Å²) in [5, 5.41) is 15.2. The van der Waals surface area contributed by atoms with E-state index >= 15 is 0 Å². The zero-order valence-corrected chi connectivity index (χ0v) is 16.7. The van der Waals surface area contributed by atoms with Crippen molar-refractivity contribution in [3.63, 3.8) is 0 Å². The van der Waals surface area contributed by atoms with Gasteiger partial charge in [0.25, 0.3) is 0 Å². The fourth-order valence-corrected chi connectivity index (χ4v) is 4.92. The number of methoxy groups -OCH3 is 1. The summed E-state index contributed by atoms with van der Waals surface area (Å²) in [6, 6.07) is 16.1. The molecule has 2 amide bonds. The van der Waals surface area contributed by atoms with Gasteiger partial charge in [0.15, 0.2) is 0 Å². The fraction of sp³-hybridized carbons (Fsp3) is 0.227. The Morgan fingerprint density at radius 3 is 2.83 bits per heavy atom. The van der Waals surface area contributed by atoms with E-state index in [9.17, 15) is 14.9 Å². The molecule has 0 saturated carbocycles. The number of fused-ring (bicyclic) bond motifs is 2. The molecule has 29 heavy (non-hydrogen) atoms. The molecule has 1 N–H and O–H groups in total. The van der Waals surface area contributed by atoms with Crippen molar-refractivity contribution in [3.8, 4) is 6.07 Å². The molecule has 7 heteroatoms. The molecule has 4 rings (SSSR count). The molecule has 0 bridgehead atoms. The Labute approximate surface area is 172 Å². The van der Waals surface area contributed by atoms with Crippen LogP contribution in [-0.2, 0) is 28.9 Å². The van der Waals surface area contributed by atoms with Crippen molar-refractivity contribution in [3.05, 3.63) is 64.0 Å². The Balaban J connectivity index is 1.55. The molecule has 2 aromatic carbocycles. The van der Waals surface area contributed by atoms with E-state index in [-0.39, 0.29) is 18.4 Å². The Bertz CT molecular complexity index is 1140. The predicted octanol–water partition coefficient (Wildman–Crippen LogP) is 4.08. The molecule has 0 aliphatic carbocycles. The minimum Gasteiger partial charge on any atom is -0.453 e. The number of carbonyl (C=O) groups excluding carboxylic acids is 2. The molecule has 0 fully saturated rings. The van der Waals surface area contributed by atoms with Crippen molar-refractivity contribution in [2.45, 2.75) is 19.4 Å². The topological polar surface area (TPSA) is 82.4 Å². The summed E-state index contributed by atoms with van der Waals surface area (Å²) in [6.07, 6.45) is 0.413. The van der Waals surface area contributed by atoms with Gasteiger partial charge in [-0.25, -0.2) is 4.79 Å². The average Bonchev–Trinajstić information content (AvgIpc) is 3.09. The first kappa shape index (κ1) is 19.0. The first-order valence-corrected chi connectivity index (χ1v) is 10.1. The van der Waals surface area contributed by atoms with Gasteiger partial charge < -0.3 is 15.0 Å². The summed E-state index contributed by atoms with van der Waals surface area (Å²) in [5.74, 6) is -0.165. The largest absolute Gasteiger partial charge is 0.453 e. The van der Waals surface area contributed by atoms with Gasteiger partial charge in [-0.1, -0.05) is 42.5 Å². The van der Waals surface area contributed by atoms with Gasteiger partial charge in [-0.2, -0.15) is 5.26 Å². The first-order chi connectivity index (χ1) is 14.1. The number of amides is 2. The monoisotopic (exact) mass is 405 g/mol. The van der Waals surface area contributed by atoms with E-state index in [1.165, 1.54) is 18.4 Å². The second-order valence-electron chi connectivity index (χ2n) is 6.82. The van der Waals surface area contributed by atoms with E-state index in [2.05, 4.69) is 11.4 Å². The van der Waals surface area contributed by atoms with E-state index < -0.39 is 0 Å². The summed E-state index contributed by atoms with van der Waals surface area (Å²) in [5.41, 5.74) is 2.36. The van der Waals surface area contributed by atoms with Crippen LogP contribution >= 0.6 is 11.3 Å². The Hall–Kier alpha value is -3.37. The summed E-state index contributed by atoms with van der Waals surface area (Å²) >= 11 is 1.36.